The van der Waals surface area contributed by atoms with Gasteiger partial charge in [0.05, 0.1) is 5.69 Å². The Labute approximate surface area is 118 Å². The summed E-state index contributed by atoms with van der Waals surface area (Å²) in [5, 5.41) is 4.08. The molecule has 19 heavy (non-hydrogen) atoms. The third-order valence-electron chi connectivity index (χ3n) is 2.62. The highest BCUT2D eigenvalue weighted by Crippen LogP contribution is 2.24. The third kappa shape index (κ3) is 4.16. The van der Waals surface area contributed by atoms with E-state index < -0.39 is 0 Å². The Balaban J connectivity index is 2.00. The fourth-order valence-electron chi connectivity index (χ4n) is 1.66. The van der Waals surface area contributed by atoms with Crippen LogP contribution in [0.4, 0.5) is 5.69 Å². The summed E-state index contributed by atoms with van der Waals surface area (Å²) in [5.74, 6) is 0.776. The molecular weight excluding hydrogens is 262 g/mol. The van der Waals surface area contributed by atoms with Crippen LogP contribution in [0.3, 0.4) is 0 Å². The lowest BCUT2D eigenvalue weighted by Crippen LogP contribution is -2.04. The highest BCUT2D eigenvalue weighted by Gasteiger charge is 2.02. The molecule has 0 spiro atoms. The van der Waals surface area contributed by atoms with Gasteiger partial charge in [-0.3, -0.25) is 0 Å². The van der Waals surface area contributed by atoms with Gasteiger partial charge in [0, 0.05) is 18.7 Å². The van der Waals surface area contributed by atoms with E-state index in [4.69, 9.17) is 21.1 Å². The number of halogens is 1. The highest BCUT2D eigenvalue weighted by molar-refractivity contribution is 6.30. The summed E-state index contributed by atoms with van der Waals surface area (Å²) < 4.78 is 10.4. The van der Waals surface area contributed by atoms with Crippen molar-refractivity contribution in [3.05, 3.63) is 59.1 Å². The van der Waals surface area contributed by atoms with Crippen molar-refractivity contribution in [1.29, 1.82) is 0 Å². The van der Waals surface area contributed by atoms with E-state index in [9.17, 15) is 0 Å². The predicted octanol–water partition coefficient (Wildman–Crippen LogP) is 3.93. The van der Waals surface area contributed by atoms with Crippen LogP contribution in [-0.2, 0) is 11.3 Å². The van der Waals surface area contributed by atoms with Gasteiger partial charge in [0.25, 0.3) is 0 Å². The molecule has 0 atom stereocenters. The van der Waals surface area contributed by atoms with E-state index in [1.165, 1.54) is 0 Å². The van der Waals surface area contributed by atoms with Crippen molar-refractivity contribution in [2.75, 3.05) is 19.2 Å². The van der Waals surface area contributed by atoms with Crippen LogP contribution in [0.2, 0.25) is 5.02 Å². The topological polar surface area (TPSA) is 30.5 Å². The Morgan fingerprint density at radius 2 is 1.79 bits per heavy atom. The number of ether oxygens (including phenoxy) is 2. The van der Waals surface area contributed by atoms with E-state index in [1.54, 1.807) is 7.11 Å². The third-order valence-corrected chi connectivity index (χ3v) is 2.87. The number of hydrogen-bond donors (Lipinski definition) is 1. The van der Waals surface area contributed by atoms with Gasteiger partial charge in [-0.25, -0.2) is 0 Å². The first-order valence-electron chi connectivity index (χ1n) is 5.98. The molecule has 0 heterocycles. The Kier molecular flexibility index (Phi) is 5.07. The average Bonchev–Trinajstić information content (AvgIpc) is 2.45. The fraction of sp³-hybridized carbons (Fsp3) is 0.200. The molecule has 0 radical (unpaired) electrons. The number of methoxy groups -OCH3 is 1. The molecule has 3 nitrogen and oxygen atoms in total. The fourth-order valence-corrected chi connectivity index (χ4v) is 1.79. The van der Waals surface area contributed by atoms with Gasteiger partial charge in [0.15, 0.2) is 6.79 Å². The summed E-state index contributed by atoms with van der Waals surface area (Å²) in [4.78, 5) is 0. The maximum atomic E-state index is 5.86. The van der Waals surface area contributed by atoms with Crippen LogP contribution in [0, 0.1) is 0 Å². The molecule has 2 aromatic rings. The molecule has 0 fully saturated rings. The first-order chi connectivity index (χ1) is 9.29. The van der Waals surface area contributed by atoms with Crippen molar-refractivity contribution < 1.29 is 9.47 Å². The van der Waals surface area contributed by atoms with E-state index in [1.807, 2.05) is 48.5 Å². The molecule has 0 amide bonds. The molecule has 100 valence electrons. The number of rotatable bonds is 6. The van der Waals surface area contributed by atoms with Crippen LogP contribution in [0.25, 0.3) is 0 Å². The number of para-hydroxylation sites is 2. The lowest BCUT2D eigenvalue weighted by Gasteiger charge is -2.12. The second-order valence-electron chi connectivity index (χ2n) is 4.03. The first kappa shape index (κ1) is 13.7. The molecule has 0 aromatic heterocycles. The summed E-state index contributed by atoms with van der Waals surface area (Å²) >= 11 is 5.86. The first-order valence-corrected chi connectivity index (χ1v) is 6.36. The SMILES string of the molecule is COCOc1ccccc1NCc1ccc(Cl)cc1. The van der Waals surface area contributed by atoms with Gasteiger partial charge in [0.2, 0.25) is 0 Å². The van der Waals surface area contributed by atoms with E-state index in [0.717, 1.165) is 22.0 Å². The maximum Gasteiger partial charge on any atom is 0.188 e. The molecule has 0 aliphatic carbocycles. The Morgan fingerprint density at radius 3 is 2.53 bits per heavy atom. The van der Waals surface area contributed by atoms with Crippen molar-refractivity contribution >= 4 is 17.3 Å². The van der Waals surface area contributed by atoms with E-state index >= 15 is 0 Å². The van der Waals surface area contributed by atoms with E-state index in [-0.39, 0.29) is 6.79 Å². The number of nitrogens with one attached hydrogen (secondary N) is 1. The van der Waals surface area contributed by atoms with Crippen molar-refractivity contribution in [1.82, 2.24) is 0 Å². The van der Waals surface area contributed by atoms with Crippen LogP contribution < -0.4 is 10.1 Å². The van der Waals surface area contributed by atoms with Crippen molar-refractivity contribution in [3.63, 3.8) is 0 Å². The van der Waals surface area contributed by atoms with Gasteiger partial charge >= 0.3 is 0 Å². The number of anilines is 1. The Hall–Kier alpha value is -1.71. The normalized spacial score (nSPS) is 10.2. The lowest BCUT2D eigenvalue weighted by atomic mass is 10.2. The molecule has 0 saturated carbocycles. The maximum absolute atomic E-state index is 5.86. The molecule has 0 bridgehead atoms. The summed E-state index contributed by atoms with van der Waals surface area (Å²) in [5.41, 5.74) is 2.10. The van der Waals surface area contributed by atoms with Gasteiger partial charge < -0.3 is 14.8 Å². The minimum absolute atomic E-state index is 0.236. The Morgan fingerprint density at radius 1 is 1.05 bits per heavy atom. The molecule has 0 aliphatic rings. The average molecular weight is 278 g/mol. The second-order valence-corrected chi connectivity index (χ2v) is 4.46. The van der Waals surface area contributed by atoms with Crippen molar-refractivity contribution in [3.8, 4) is 5.75 Å². The molecule has 2 rings (SSSR count). The highest BCUT2D eigenvalue weighted by atomic mass is 35.5. The van der Waals surface area contributed by atoms with Crippen LogP contribution in [0.1, 0.15) is 5.56 Å². The van der Waals surface area contributed by atoms with E-state index in [2.05, 4.69) is 5.32 Å². The van der Waals surface area contributed by atoms with Crippen LogP contribution in [-0.4, -0.2) is 13.9 Å². The molecule has 2 aromatic carbocycles. The van der Waals surface area contributed by atoms with Crippen LogP contribution >= 0.6 is 11.6 Å². The minimum Gasteiger partial charge on any atom is -0.465 e. The molecule has 0 aliphatic heterocycles. The predicted molar refractivity (Wildman–Crippen MR) is 77.7 cm³/mol. The molecule has 1 N–H and O–H groups in total. The molecule has 0 saturated heterocycles. The Bertz CT molecular complexity index is 514. The summed E-state index contributed by atoms with van der Waals surface area (Å²) in [6.45, 7) is 0.949. The van der Waals surface area contributed by atoms with Crippen LogP contribution in [0.5, 0.6) is 5.75 Å². The minimum atomic E-state index is 0.236. The smallest absolute Gasteiger partial charge is 0.188 e. The zero-order chi connectivity index (χ0) is 13.5. The second kappa shape index (κ2) is 7.02. The van der Waals surface area contributed by atoms with Gasteiger partial charge in [-0.2, -0.15) is 0 Å². The lowest BCUT2D eigenvalue weighted by molar-refractivity contribution is 0.0516. The van der Waals surface area contributed by atoms with Gasteiger partial charge in [-0.15, -0.1) is 0 Å². The molecule has 4 heteroatoms. The quantitative estimate of drug-likeness (QED) is 0.812. The monoisotopic (exact) mass is 277 g/mol. The summed E-state index contributed by atoms with van der Waals surface area (Å²) in [6, 6.07) is 15.5. The largest absolute Gasteiger partial charge is 0.465 e. The summed E-state index contributed by atoms with van der Waals surface area (Å²) in [6.07, 6.45) is 0. The standard InChI is InChI=1S/C15H16ClNO2/c1-18-11-19-15-5-3-2-4-14(15)17-10-12-6-8-13(16)9-7-12/h2-9,17H,10-11H2,1H3. The van der Waals surface area contributed by atoms with Gasteiger partial charge in [-0.05, 0) is 29.8 Å². The summed E-state index contributed by atoms with van der Waals surface area (Å²) in [7, 11) is 1.60. The zero-order valence-corrected chi connectivity index (χ0v) is 11.5. The van der Waals surface area contributed by atoms with E-state index in [0.29, 0.717) is 6.54 Å². The van der Waals surface area contributed by atoms with Gasteiger partial charge in [-0.1, -0.05) is 35.9 Å². The number of hydrogen-bond acceptors (Lipinski definition) is 3. The zero-order valence-electron chi connectivity index (χ0n) is 10.7. The van der Waals surface area contributed by atoms with Crippen LogP contribution in [0.15, 0.2) is 48.5 Å². The van der Waals surface area contributed by atoms with Crippen molar-refractivity contribution in [2.45, 2.75) is 6.54 Å². The van der Waals surface area contributed by atoms with Crippen molar-refractivity contribution in [2.24, 2.45) is 0 Å². The number of benzene rings is 2. The van der Waals surface area contributed by atoms with Gasteiger partial charge in [0.1, 0.15) is 5.75 Å². The molecule has 0 unspecified atom stereocenters. The molecular formula is C15H16ClNO2.